The number of H-pyrrole nitrogens is 1. The zero-order valence-electron chi connectivity index (χ0n) is 10.3. The van der Waals surface area contributed by atoms with Crippen molar-refractivity contribution in [3.05, 3.63) is 23.7 Å². The van der Waals surface area contributed by atoms with Gasteiger partial charge in [-0.05, 0) is 17.4 Å². The third-order valence-corrected chi connectivity index (χ3v) is 2.33. The first-order valence-electron chi connectivity index (χ1n) is 5.52. The van der Waals surface area contributed by atoms with E-state index in [1.54, 1.807) is 6.20 Å². The molecule has 2 heterocycles. The number of azo groups is 1. The van der Waals surface area contributed by atoms with Gasteiger partial charge in [0.1, 0.15) is 0 Å². The lowest BCUT2D eigenvalue weighted by atomic mass is 10.1. The van der Waals surface area contributed by atoms with Gasteiger partial charge < -0.3 is 0 Å². The van der Waals surface area contributed by atoms with Crippen LogP contribution in [0.25, 0.3) is 0 Å². The van der Waals surface area contributed by atoms with E-state index in [1.807, 2.05) is 6.20 Å². The molecule has 1 aliphatic heterocycles. The Morgan fingerprint density at radius 3 is 2.19 bits per heavy atom. The molecule has 16 heavy (non-hydrogen) atoms. The molecule has 0 unspecified atom stereocenters. The van der Waals surface area contributed by atoms with Gasteiger partial charge in [-0.2, -0.15) is 25.6 Å². The van der Waals surface area contributed by atoms with Crippen LogP contribution in [0.2, 0.25) is 0 Å². The minimum atomic E-state index is 0.480. The fourth-order valence-corrected chi connectivity index (χ4v) is 1.10. The normalized spacial score (nSPS) is 14.0. The molecule has 0 radical (unpaired) electrons. The lowest BCUT2D eigenvalue weighted by Crippen LogP contribution is -1.93. The first kappa shape index (κ1) is 12.5. The highest BCUT2D eigenvalue weighted by molar-refractivity contribution is 5.08. The quantitative estimate of drug-likeness (QED) is 0.834. The standard InChI is InChI=1S/C6H10N2.C5H9N3/c1-5(2)6-3-7-8-4-6;1-4(2)5-3-6-8-7-5/h3,5H,4H2,1-2H3;3-4H,1-2H3,(H,6,7,8). The molecule has 2 rings (SSSR count). The highest BCUT2D eigenvalue weighted by atomic mass is 15.3. The number of rotatable bonds is 2. The van der Waals surface area contributed by atoms with Gasteiger partial charge in [0, 0.05) is 0 Å². The maximum absolute atomic E-state index is 3.88. The Balaban J connectivity index is 0.000000160. The lowest BCUT2D eigenvalue weighted by Gasteiger charge is -1.99. The van der Waals surface area contributed by atoms with Gasteiger partial charge in [0.05, 0.1) is 24.6 Å². The van der Waals surface area contributed by atoms with Crippen molar-refractivity contribution in [2.45, 2.75) is 33.6 Å². The first-order valence-corrected chi connectivity index (χ1v) is 5.52. The van der Waals surface area contributed by atoms with Crippen molar-refractivity contribution in [2.75, 3.05) is 6.54 Å². The highest BCUT2D eigenvalue weighted by Gasteiger charge is 2.04. The van der Waals surface area contributed by atoms with Gasteiger partial charge in [0.15, 0.2) is 0 Å². The number of nitrogens with zero attached hydrogens (tertiary/aromatic N) is 4. The van der Waals surface area contributed by atoms with E-state index in [1.165, 1.54) is 5.57 Å². The second kappa shape index (κ2) is 6.15. The molecule has 0 saturated carbocycles. The summed E-state index contributed by atoms with van der Waals surface area (Å²) in [5.41, 5.74) is 2.36. The number of aromatic amines is 1. The minimum absolute atomic E-state index is 0.480. The third-order valence-electron chi connectivity index (χ3n) is 2.33. The van der Waals surface area contributed by atoms with Gasteiger partial charge in [0.25, 0.3) is 0 Å². The molecule has 1 aliphatic rings. The van der Waals surface area contributed by atoms with Crippen LogP contribution in [-0.2, 0) is 0 Å². The summed E-state index contributed by atoms with van der Waals surface area (Å²) in [5.74, 6) is 1.10. The SMILES string of the molecule is CC(C)C1=CN=NC1.CC(C)c1cn[nH]n1. The second-order valence-electron chi connectivity index (χ2n) is 4.32. The van der Waals surface area contributed by atoms with E-state index in [4.69, 9.17) is 0 Å². The number of nitrogens with one attached hydrogen (secondary N) is 1. The van der Waals surface area contributed by atoms with Crippen LogP contribution in [0.5, 0.6) is 0 Å². The predicted octanol–water partition coefficient (Wildman–Crippen LogP) is 2.92. The van der Waals surface area contributed by atoms with Crippen molar-refractivity contribution < 1.29 is 0 Å². The maximum Gasteiger partial charge on any atom is 0.0850 e. The zero-order chi connectivity index (χ0) is 12.0. The van der Waals surface area contributed by atoms with E-state index in [0.717, 1.165) is 12.2 Å². The van der Waals surface area contributed by atoms with Gasteiger partial charge in [-0.1, -0.05) is 27.7 Å². The van der Waals surface area contributed by atoms with Crippen LogP contribution >= 0.6 is 0 Å². The van der Waals surface area contributed by atoms with E-state index in [9.17, 15) is 0 Å². The summed E-state index contributed by atoms with van der Waals surface area (Å²) in [7, 11) is 0. The third kappa shape index (κ3) is 3.92. The number of hydrogen-bond donors (Lipinski definition) is 1. The molecule has 5 nitrogen and oxygen atoms in total. The summed E-state index contributed by atoms with van der Waals surface area (Å²) in [6, 6.07) is 0. The Kier molecular flexibility index (Phi) is 4.82. The average Bonchev–Trinajstić information content (AvgIpc) is 2.93. The molecule has 0 spiro atoms. The second-order valence-corrected chi connectivity index (χ2v) is 4.32. The topological polar surface area (TPSA) is 66.3 Å². The summed E-state index contributed by atoms with van der Waals surface area (Å²) in [5, 5.41) is 17.7. The minimum Gasteiger partial charge on any atom is -0.198 e. The van der Waals surface area contributed by atoms with Gasteiger partial charge in [-0.25, -0.2) is 0 Å². The van der Waals surface area contributed by atoms with Crippen LogP contribution in [0.15, 0.2) is 28.2 Å². The summed E-state index contributed by atoms with van der Waals surface area (Å²) < 4.78 is 0. The van der Waals surface area contributed by atoms with Crippen LogP contribution in [0.4, 0.5) is 0 Å². The fraction of sp³-hybridized carbons (Fsp3) is 0.636. The van der Waals surface area contributed by atoms with Crippen molar-refractivity contribution in [1.29, 1.82) is 0 Å². The van der Waals surface area contributed by atoms with Crippen molar-refractivity contribution in [3.63, 3.8) is 0 Å². The summed E-state index contributed by atoms with van der Waals surface area (Å²) in [6.07, 6.45) is 3.59. The Hall–Kier alpha value is -1.52. The number of aromatic nitrogens is 3. The van der Waals surface area contributed by atoms with Crippen molar-refractivity contribution >= 4 is 0 Å². The molecule has 1 N–H and O–H groups in total. The van der Waals surface area contributed by atoms with E-state index in [2.05, 4.69) is 53.3 Å². The predicted molar refractivity (Wildman–Crippen MR) is 63.1 cm³/mol. The monoisotopic (exact) mass is 221 g/mol. The van der Waals surface area contributed by atoms with Crippen molar-refractivity contribution in [1.82, 2.24) is 15.4 Å². The van der Waals surface area contributed by atoms with Gasteiger partial charge >= 0.3 is 0 Å². The van der Waals surface area contributed by atoms with Crippen LogP contribution in [0.1, 0.15) is 39.3 Å². The van der Waals surface area contributed by atoms with Crippen LogP contribution in [-0.4, -0.2) is 22.0 Å². The molecule has 0 fully saturated rings. The average molecular weight is 221 g/mol. The van der Waals surface area contributed by atoms with Gasteiger partial charge in [-0.15, -0.1) is 0 Å². The highest BCUT2D eigenvalue weighted by Crippen LogP contribution is 2.13. The summed E-state index contributed by atoms with van der Waals surface area (Å²) in [4.78, 5) is 0. The van der Waals surface area contributed by atoms with Gasteiger partial charge in [-0.3, -0.25) is 0 Å². The molecule has 0 bridgehead atoms. The van der Waals surface area contributed by atoms with E-state index in [-0.39, 0.29) is 0 Å². The molecule has 1 aromatic rings. The summed E-state index contributed by atoms with van der Waals surface area (Å²) in [6.45, 7) is 9.29. The molecular formula is C11H19N5. The Bertz CT molecular complexity index is 348. The van der Waals surface area contributed by atoms with Crippen LogP contribution in [0.3, 0.4) is 0 Å². The zero-order valence-corrected chi connectivity index (χ0v) is 10.3. The Labute approximate surface area is 96.1 Å². The van der Waals surface area contributed by atoms with E-state index < -0.39 is 0 Å². The van der Waals surface area contributed by atoms with Crippen LogP contribution in [0, 0.1) is 5.92 Å². The molecule has 0 saturated heterocycles. The molecular weight excluding hydrogens is 202 g/mol. The maximum atomic E-state index is 3.88. The molecule has 0 atom stereocenters. The first-order chi connectivity index (χ1) is 7.61. The molecule has 88 valence electrons. The molecule has 0 aromatic carbocycles. The lowest BCUT2D eigenvalue weighted by molar-refractivity contribution is 0.754. The largest absolute Gasteiger partial charge is 0.198 e. The molecule has 0 aliphatic carbocycles. The van der Waals surface area contributed by atoms with Gasteiger partial charge in [0.2, 0.25) is 0 Å². The molecule has 0 amide bonds. The smallest absolute Gasteiger partial charge is 0.0850 e. The Morgan fingerprint density at radius 2 is 1.94 bits per heavy atom. The van der Waals surface area contributed by atoms with E-state index in [0.29, 0.717) is 11.8 Å². The fourth-order valence-electron chi connectivity index (χ4n) is 1.10. The van der Waals surface area contributed by atoms with Crippen LogP contribution < -0.4 is 0 Å². The van der Waals surface area contributed by atoms with Crippen molar-refractivity contribution in [2.24, 2.45) is 16.1 Å². The van der Waals surface area contributed by atoms with Crippen molar-refractivity contribution in [3.8, 4) is 0 Å². The molecule has 5 heteroatoms. The molecule has 1 aromatic heterocycles. The summed E-state index contributed by atoms with van der Waals surface area (Å²) >= 11 is 0. The number of hydrogen-bond acceptors (Lipinski definition) is 4. The van der Waals surface area contributed by atoms with E-state index >= 15 is 0 Å². The Morgan fingerprint density at radius 1 is 1.19 bits per heavy atom.